The smallest absolute Gasteiger partial charge is 0.340 e. The van der Waals surface area contributed by atoms with Crippen molar-refractivity contribution < 1.29 is 9.53 Å². The zero-order chi connectivity index (χ0) is 13.8. The molecule has 1 aliphatic rings. The summed E-state index contributed by atoms with van der Waals surface area (Å²) in [4.78, 5) is 12.0. The lowest BCUT2D eigenvalue weighted by Gasteiger charge is -2.20. The molecule has 0 radical (unpaired) electrons. The Hall–Kier alpha value is -1.71. The second kappa shape index (κ2) is 5.95. The van der Waals surface area contributed by atoms with E-state index in [0.717, 1.165) is 12.1 Å². The minimum atomic E-state index is -0.317. The van der Waals surface area contributed by atoms with E-state index >= 15 is 0 Å². The highest BCUT2D eigenvalue weighted by Crippen LogP contribution is 2.30. The maximum atomic E-state index is 12.0. The van der Waals surface area contributed by atoms with Crippen molar-refractivity contribution in [3.8, 4) is 0 Å². The topological polar surface area (TPSA) is 64.3 Å². The van der Waals surface area contributed by atoms with Gasteiger partial charge in [0.25, 0.3) is 0 Å². The first-order valence-electron chi connectivity index (χ1n) is 6.95. The van der Waals surface area contributed by atoms with Crippen LogP contribution in [-0.2, 0) is 4.74 Å². The predicted molar refractivity (Wildman–Crippen MR) is 77.2 cm³/mol. The second-order valence-electron chi connectivity index (χ2n) is 5.18. The van der Waals surface area contributed by atoms with Crippen LogP contribution in [0.4, 0.5) is 11.4 Å². The first kappa shape index (κ1) is 13.7. The summed E-state index contributed by atoms with van der Waals surface area (Å²) < 4.78 is 5.08. The van der Waals surface area contributed by atoms with E-state index in [1.165, 1.54) is 12.8 Å². The summed E-state index contributed by atoms with van der Waals surface area (Å²) in [6.07, 6.45) is 3.62. The van der Waals surface area contributed by atoms with E-state index in [1.54, 1.807) is 13.0 Å². The molecular weight excluding hydrogens is 240 g/mol. The van der Waals surface area contributed by atoms with Crippen LogP contribution in [0.2, 0.25) is 0 Å². The summed E-state index contributed by atoms with van der Waals surface area (Å²) in [6.45, 7) is 4.41. The number of nitrogen functional groups attached to an aromatic ring is 1. The lowest BCUT2D eigenvalue weighted by atomic mass is 10.0. The van der Waals surface area contributed by atoms with E-state index in [-0.39, 0.29) is 5.97 Å². The van der Waals surface area contributed by atoms with Crippen molar-refractivity contribution in [2.75, 3.05) is 17.7 Å². The van der Waals surface area contributed by atoms with E-state index in [4.69, 9.17) is 10.5 Å². The standard InChI is InChI=1S/C15H22N2O2/c1-3-19-15(18)12-9-11(16)7-8-14(12)17-13-6-4-5-10(13)2/h7-10,13,17H,3-6,16H2,1-2H3. The molecule has 0 aliphatic heterocycles. The van der Waals surface area contributed by atoms with Crippen LogP contribution in [0.15, 0.2) is 18.2 Å². The van der Waals surface area contributed by atoms with Crippen LogP contribution < -0.4 is 11.1 Å². The Balaban J connectivity index is 2.21. The lowest BCUT2D eigenvalue weighted by Crippen LogP contribution is -2.23. The predicted octanol–water partition coefficient (Wildman–Crippen LogP) is 3.05. The van der Waals surface area contributed by atoms with Crippen molar-refractivity contribution in [2.45, 2.75) is 39.2 Å². The van der Waals surface area contributed by atoms with Gasteiger partial charge in [-0.1, -0.05) is 13.3 Å². The summed E-state index contributed by atoms with van der Waals surface area (Å²) >= 11 is 0. The molecule has 0 bridgehead atoms. The van der Waals surface area contributed by atoms with Crippen LogP contribution in [0, 0.1) is 5.92 Å². The van der Waals surface area contributed by atoms with Gasteiger partial charge in [0.1, 0.15) is 0 Å². The molecule has 19 heavy (non-hydrogen) atoms. The Morgan fingerprint density at radius 3 is 2.89 bits per heavy atom. The summed E-state index contributed by atoms with van der Waals surface area (Å²) in [5, 5.41) is 3.47. The van der Waals surface area contributed by atoms with Crippen molar-refractivity contribution in [3.63, 3.8) is 0 Å². The van der Waals surface area contributed by atoms with Crippen molar-refractivity contribution in [2.24, 2.45) is 5.92 Å². The van der Waals surface area contributed by atoms with Crippen LogP contribution >= 0.6 is 0 Å². The number of carbonyl (C=O) groups is 1. The van der Waals surface area contributed by atoms with Gasteiger partial charge in [-0.15, -0.1) is 0 Å². The molecule has 0 saturated heterocycles. The third kappa shape index (κ3) is 3.19. The molecule has 104 valence electrons. The van der Waals surface area contributed by atoms with Crippen molar-refractivity contribution in [1.29, 1.82) is 0 Å². The van der Waals surface area contributed by atoms with E-state index in [1.807, 2.05) is 12.1 Å². The summed E-state index contributed by atoms with van der Waals surface area (Å²) in [7, 11) is 0. The van der Waals surface area contributed by atoms with Crippen LogP contribution in [0.1, 0.15) is 43.5 Å². The van der Waals surface area contributed by atoms with Gasteiger partial charge in [-0.25, -0.2) is 4.79 Å². The molecule has 2 unspecified atom stereocenters. The molecule has 0 heterocycles. The molecule has 1 saturated carbocycles. The number of benzene rings is 1. The van der Waals surface area contributed by atoms with E-state index in [2.05, 4.69) is 12.2 Å². The normalized spacial score (nSPS) is 22.2. The van der Waals surface area contributed by atoms with Crippen molar-refractivity contribution >= 4 is 17.3 Å². The fraction of sp³-hybridized carbons (Fsp3) is 0.533. The van der Waals surface area contributed by atoms with Gasteiger partial charge in [-0.3, -0.25) is 0 Å². The molecule has 4 heteroatoms. The molecule has 0 aromatic heterocycles. The van der Waals surface area contributed by atoms with Gasteiger partial charge in [-0.2, -0.15) is 0 Å². The average molecular weight is 262 g/mol. The van der Waals surface area contributed by atoms with Crippen LogP contribution in [-0.4, -0.2) is 18.6 Å². The molecule has 3 N–H and O–H groups in total. The Kier molecular flexibility index (Phi) is 4.30. The number of carbonyl (C=O) groups excluding carboxylic acids is 1. The number of hydrogen-bond donors (Lipinski definition) is 2. The van der Waals surface area contributed by atoms with Gasteiger partial charge < -0.3 is 15.8 Å². The van der Waals surface area contributed by atoms with E-state index in [9.17, 15) is 4.79 Å². The number of anilines is 2. The number of nitrogens with one attached hydrogen (secondary N) is 1. The number of nitrogens with two attached hydrogens (primary N) is 1. The minimum absolute atomic E-state index is 0.317. The molecule has 0 spiro atoms. The SMILES string of the molecule is CCOC(=O)c1cc(N)ccc1NC1CCCC1C. The summed E-state index contributed by atoms with van der Waals surface area (Å²) in [5.74, 6) is 0.315. The highest BCUT2D eigenvalue weighted by atomic mass is 16.5. The Labute approximate surface area is 114 Å². The monoisotopic (exact) mass is 262 g/mol. The van der Waals surface area contributed by atoms with Crippen LogP contribution in [0.5, 0.6) is 0 Å². The molecule has 2 atom stereocenters. The quantitative estimate of drug-likeness (QED) is 0.646. The molecule has 1 fully saturated rings. The van der Waals surface area contributed by atoms with Gasteiger partial charge in [0.15, 0.2) is 0 Å². The highest BCUT2D eigenvalue weighted by molar-refractivity contribution is 5.96. The average Bonchev–Trinajstić information content (AvgIpc) is 2.77. The maximum Gasteiger partial charge on any atom is 0.340 e. The molecule has 2 rings (SSSR count). The zero-order valence-electron chi connectivity index (χ0n) is 11.6. The van der Waals surface area contributed by atoms with Gasteiger partial charge in [0, 0.05) is 17.4 Å². The van der Waals surface area contributed by atoms with Gasteiger partial charge >= 0.3 is 5.97 Å². The van der Waals surface area contributed by atoms with Crippen molar-refractivity contribution in [1.82, 2.24) is 0 Å². The van der Waals surface area contributed by atoms with Crippen molar-refractivity contribution in [3.05, 3.63) is 23.8 Å². The largest absolute Gasteiger partial charge is 0.462 e. The molecular formula is C15H22N2O2. The number of esters is 1. The number of hydrogen-bond acceptors (Lipinski definition) is 4. The lowest BCUT2D eigenvalue weighted by molar-refractivity contribution is 0.0527. The van der Waals surface area contributed by atoms with Gasteiger partial charge in [-0.05, 0) is 43.9 Å². The number of rotatable bonds is 4. The summed E-state index contributed by atoms with van der Waals surface area (Å²) in [6, 6.07) is 5.79. The molecule has 1 aromatic carbocycles. The Bertz CT molecular complexity index is 459. The first-order valence-corrected chi connectivity index (χ1v) is 6.95. The van der Waals surface area contributed by atoms with Gasteiger partial charge in [0.05, 0.1) is 12.2 Å². The second-order valence-corrected chi connectivity index (χ2v) is 5.18. The third-order valence-corrected chi connectivity index (χ3v) is 3.74. The van der Waals surface area contributed by atoms with E-state index < -0.39 is 0 Å². The Morgan fingerprint density at radius 1 is 1.47 bits per heavy atom. The minimum Gasteiger partial charge on any atom is -0.462 e. The molecule has 1 aromatic rings. The Morgan fingerprint density at radius 2 is 2.26 bits per heavy atom. The van der Waals surface area contributed by atoms with Crippen LogP contribution in [0.3, 0.4) is 0 Å². The number of ether oxygens (including phenoxy) is 1. The molecule has 0 amide bonds. The maximum absolute atomic E-state index is 12.0. The fourth-order valence-electron chi connectivity index (χ4n) is 2.63. The van der Waals surface area contributed by atoms with Gasteiger partial charge in [0.2, 0.25) is 0 Å². The zero-order valence-corrected chi connectivity index (χ0v) is 11.6. The first-order chi connectivity index (χ1) is 9.11. The van der Waals surface area contributed by atoms with Crippen LogP contribution in [0.25, 0.3) is 0 Å². The highest BCUT2D eigenvalue weighted by Gasteiger charge is 2.24. The molecule has 1 aliphatic carbocycles. The van der Waals surface area contributed by atoms with E-state index in [0.29, 0.717) is 29.8 Å². The third-order valence-electron chi connectivity index (χ3n) is 3.74. The fourth-order valence-corrected chi connectivity index (χ4v) is 2.63. The molecule has 4 nitrogen and oxygen atoms in total. The summed E-state index contributed by atoms with van der Waals surface area (Å²) in [5.41, 5.74) is 7.69.